The number of hydrogen-bond acceptors (Lipinski definition) is 6. The summed E-state index contributed by atoms with van der Waals surface area (Å²) in [5.74, 6) is -0.775. The van der Waals surface area contributed by atoms with E-state index in [-0.39, 0.29) is 12.2 Å². The van der Waals surface area contributed by atoms with E-state index in [9.17, 15) is 14.7 Å². The molecule has 3 aromatic rings. The summed E-state index contributed by atoms with van der Waals surface area (Å²) >= 11 is 0. The number of hydrogen-bond donors (Lipinski definition) is 2. The number of rotatable bonds is 4. The van der Waals surface area contributed by atoms with Crippen LogP contribution in [0.4, 0.5) is 0 Å². The SMILES string of the molecule is CN1CCC(O)(c2cc(-c3cccc(-c4cc5c(c(C(N)=O)n4)CCCC5)c3)no2)C1=O. The number of likely N-dealkylation sites (N-methyl/N-ethyl adjacent to an activating group) is 1. The first-order chi connectivity index (χ1) is 15.4. The lowest BCUT2D eigenvalue weighted by Crippen LogP contribution is -2.35. The summed E-state index contributed by atoms with van der Waals surface area (Å²) in [6.07, 6.45) is 4.08. The zero-order chi connectivity index (χ0) is 22.5. The van der Waals surface area contributed by atoms with E-state index in [1.54, 1.807) is 13.1 Å². The second-order valence-electron chi connectivity index (χ2n) is 8.56. The lowest BCUT2D eigenvalue weighted by molar-refractivity contribution is -0.144. The number of carbonyl (C=O) groups excluding carboxylic acids is 2. The van der Waals surface area contributed by atoms with Crippen LogP contribution in [-0.2, 0) is 23.2 Å². The van der Waals surface area contributed by atoms with Crippen molar-refractivity contribution >= 4 is 11.8 Å². The number of likely N-dealkylation sites (tertiary alicyclic amines) is 1. The Bertz CT molecular complexity index is 1230. The van der Waals surface area contributed by atoms with E-state index in [0.29, 0.717) is 23.6 Å². The molecule has 1 aliphatic heterocycles. The highest BCUT2D eigenvalue weighted by atomic mass is 16.5. The highest BCUT2D eigenvalue weighted by Crippen LogP contribution is 2.35. The predicted octanol–water partition coefficient (Wildman–Crippen LogP) is 2.43. The number of nitrogens with two attached hydrogens (primary N) is 1. The van der Waals surface area contributed by atoms with Crippen LogP contribution in [0.15, 0.2) is 40.9 Å². The van der Waals surface area contributed by atoms with Gasteiger partial charge in [-0.15, -0.1) is 0 Å². The van der Waals surface area contributed by atoms with Gasteiger partial charge in [-0.3, -0.25) is 9.59 Å². The molecule has 0 bridgehead atoms. The molecule has 1 atom stereocenters. The van der Waals surface area contributed by atoms with Crippen LogP contribution in [0.3, 0.4) is 0 Å². The van der Waals surface area contributed by atoms with Crippen LogP contribution in [0, 0.1) is 0 Å². The van der Waals surface area contributed by atoms with Gasteiger partial charge >= 0.3 is 0 Å². The van der Waals surface area contributed by atoms with Crippen LogP contribution in [0.2, 0.25) is 0 Å². The number of aromatic nitrogens is 2. The van der Waals surface area contributed by atoms with E-state index in [1.807, 2.05) is 30.3 Å². The molecule has 8 heteroatoms. The average Bonchev–Trinajstić information content (AvgIpc) is 3.41. The first-order valence-corrected chi connectivity index (χ1v) is 10.8. The average molecular weight is 432 g/mol. The molecule has 0 radical (unpaired) electrons. The maximum atomic E-state index is 12.4. The minimum atomic E-state index is -1.69. The third kappa shape index (κ3) is 3.27. The van der Waals surface area contributed by atoms with Crippen molar-refractivity contribution in [3.05, 3.63) is 59.0 Å². The zero-order valence-corrected chi connectivity index (χ0v) is 17.8. The van der Waals surface area contributed by atoms with Crippen molar-refractivity contribution in [1.82, 2.24) is 15.0 Å². The minimum Gasteiger partial charge on any atom is -0.373 e. The number of amides is 2. The molecule has 1 saturated heterocycles. The molecule has 2 aromatic heterocycles. The number of carbonyl (C=O) groups is 2. The van der Waals surface area contributed by atoms with Crippen LogP contribution < -0.4 is 5.73 Å². The van der Waals surface area contributed by atoms with Crippen LogP contribution in [0.25, 0.3) is 22.5 Å². The number of aliphatic hydroxyl groups is 1. The quantitative estimate of drug-likeness (QED) is 0.653. The smallest absolute Gasteiger partial charge is 0.267 e. The monoisotopic (exact) mass is 432 g/mol. The Morgan fingerprint density at radius 2 is 1.91 bits per heavy atom. The first kappa shape index (κ1) is 20.4. The topological polar surface area (TPSA) is 123 Å². The summed E-state index contributed by atoms with van der Waals surface area (Å²) in [7, 11) is 1.65. The second-order valence-corrected chi connectivity index (χ2v) is 8.56. The molecule has 32 heavy (non-hydrogen) atoms. The van der Waals surface area contributed by atoms with Crippen molar-refractivity contribution in [2.45, 2.75) is 37.7 Å². The standard InChI is InChI=1S/C24H24N4O4/c1-28-10-9-24(31,23(28)30)20-13-19(27-32-20)16-7-4-6-15(11-16)18-12-14-5-2-3-8-17(14)21(26-18)22(25)29/h4,6-7,11-13,31H,2-3,5,8-10H2,1H3,(H2,25,29). The van der Waals surface area contributed by atoms with Gasteiger partial charge in [0.2, 0.25) is 5.60 Å². The van der Waals surface area contributed by atoms with Gasteiger partial charge < -0.3 is 20.3 Å². The molecule has 1 unspecified atom stereocenters. The van der Waals surface area contributed by atoms with Crippen molar-refractivity contribution in [2.24, 2.45) is 5.73 Å². The summed E-state index contributed by atoms with van der Waals surface area (Å²) < 4.78 is 5.37. The summed E-state index contributed by atoms with van der Waals surface area (Å²) in [4.78, 5) is 30.4. The van der Waals surface area contributed by atoms with E-state index in [0.717, 1.165) is 47.9 Å². The molecule has 2 aliphatic rings. The van der Waals surface area contributed by atoms with Gasteiger partial charge in [-0.1, -0.05) is 23.4 Å². The predicted molar refractivity (Wildman–Crippen MR) is 116 cm³/mol. The Labute approximate surface area is 185 Å². The molecule has 2 amide bonds. The Balaban J connectivity index is 1.52. The van der Waals surface area contributed by atoms with Crippen LogP contribution >= 0.6 is 0 Å². The van der Waals surface area contributed by atoms with Gasteiger partial charge in [-0.2, -0.15) is 0 Å². The molecule has 0 spiro atoms. The van der Waals surface area contributed by atoms with Gasteiger partial charge in [0, 0.05) is 37.2 Å². The van der Waals surface area contributed by atoms with Crippen molar-refractivity contribution in [1.29, 1.82) is 0 Å². The zero-order valence-electron chi connectivity index (χ0n) is 17.8. The Kier molecular flexibility index (Phi) is 4.82. The highest BCUT2D eigenvalue weighted by molar-refractivity contribution is 5.93. The van der Waals surface area contributed by atoms with Gasteiger partial charge in [0.05, 0.1) is 5.69 Å². The fraction of sp³-hybridized carbons (Fsp3) is 0.333. The van der Waals surface area contributed by atoms with Gasteiger partial charge in [-0.05, 0) is 48.9 Å². The van der Waals surface area contributed by atoms with E-state index >= 15 is 0 Å². The summed E-state index contributed by atoms with van der Waals surface area (Å²) in [6.45, 7) is 0.451. The number of aryl methyl sites for hydroxylation is 1. The fourth-order valence-corrected chi connectivity index (χ4v) is 4.62. The van der Waals surface area contributed by atoms with Gasteiger partial charge in [-0.25, -0.2) is 4.98 Å². The highest BCUT2D eigenvalue weighted by Gasteiger charge is 2.48. The molecular formula is C24H24N4O4. The molecule has 1 fully saturated rings. The molecule has 3 heterocycles. The maximum Gasteiger partial charge on any atom is 0.267 e. The molecule has 1 aliphatic carbocycles. The Morgan fingerprint density at radius 1 is 1.16 bits per heavy atom. The van der Waals surface area contributed by atoms with Crippen molar-refractivity contribution in [3.63, 3.8) is 0 Å². The van der Waals surface area contributed by atoms with Gasteiger partial charge in [0.1, 0.15) is 11.4 Å². The normalized spacial score (nSPS) is 20.4. The maximum absolute atomic E-state index is 12.4. The van der Waals surface area contributed by atoms with Crippen LogP contribution in [0.5, 0.6) is 0 Å². The van der Waals surface area contributed by atoms with E-state index in [4.69, 9.17) is 10.3 Å². The van der Waals surface area contributed by atoms with E-state index in [2.05, 4.69) is 10.1 Å². The van der Waals surface area contributed by atoms with E-state index in [1.165, 1.54) is 4.90 Å². The van der Waals surface area contributed by atoms with E-state index < -0.39 is 17.4 Å². The van der Waals surface area contributed by atoms with Gasteiger partial charge in [0.25, 0.3) is 11.8 Å². The Morgan fingerprint density at radius 3 is 2.62 bits per heavy atom. The minimum absolute atomic E-state index is 0.134. The lowest BCUT2D eigenvalue weighted by Gasteiger charge is -2.19. The molecule has 1 aromatic carbocycles. The van der Waals surface area contributed by atoms with Crippen molar-refractivity contribution < 1.29 is 19.2 Å². The molecular weight excluding hydrogens is 408 g/mol. The third-order valence-electron chi connectivity index (χ3n) is 6.45. The molecule has 0 saturated carbocycles. The molecule has 164 valence electrons. The largest absolute Gasteiger partial charge is 0.373 e. The lowest BCUT2D eigenvalue weighted by atomic mass is 9.89. The van der Waals surface area contributed by atoms with Crippen molar-refractivity contribution in [3.8, 4) is 22.5 Å². The first-order valence-electron chi connectivity index (χ1n) is 10.8. The van der Waals surface area contributed by atoms with Crippen molar-refractivity contribution in [2.75, 3.05) is 13.6 Å². The second kappa shape index (κ2) is 7.56. The Hall–Kier alpha value is -3.52. The molecule has 8 nitrogen and oxygen atoms in total. The number of benzene rings is 1. The molecule has 5 rings (SSSR count). The fourth-order valence-electron chi connectivity index (χ4n) is 4.62. The van der Waals surface area contributed by atoms with Crippen LogP contribution in [0.1, 0.15) is 46.6 Å². The summed E-state index contributed by atoms with van der Waals surface area (Å²) in [5.41, 5.74) is 9.11. The summed E-state index contributed by atoms with van der Waals surface area (Å²) in [5, 5.41) is 14.9. The number of primary amides is 1. The van der Waals surface area contributed by atoms with Gasteiger partial charge in [0.15, 0.2) is 5.76 Å². The van der Waals surface area contributed by atoms with Crippen LogP contribution in [-0.4, -0.2) is 45.6 Å². The number of nitrogens with zero attached hydrogens (tertiary/aromatic N) is 3. The molecule has 3 N–H and O–H groups in total. The third-order valence-corrected chi connectivity index (χ3v) is 6.45. The number of fused-ring (bicyclic) bond motifs is 1. The number of pyridine rings is 1. The summed E-state index contributed by atoms with van der Waals surface area (Å²) in [6, 6.07) is 11.2.